The highest BCUT2D eigenvalue weighted by Crippen LogP contribution is 2.34. The summed E-state index contributed by atoms with van der Waals surface area (Å²) in [6.45, 7) is 2.02. The summed E-state index contributed by atoms with van der Waals surface area (Å²) in [6, 6.07) is 7.54. The lowest BCUT2D eigenvalue weighted by molar-refractivity contribution is 0.221. The first-order chi connectivity index (χ1) is 7.59. The van der Waals surface area contributed by atoms with Crippen molar-refractivity contribution in [1.82, 2.24) is 0 Å². The highest BCUT2D eigenvalue weighted by molar-refractivity contribution is 9.10. The van der Waals surface area contributed by atoms with Crippen LogP contribution in [0.15, 0.2) is 34.1 Å². The quantitative estimate of drug-likeness (QED) is 0.861. The smallest absolute Gasteiger partial charge is 0.106 e. The number of hydrogen-bond donors (Lipinski definition) is 1. The van der Waals surface area contributed by atoms with Crippen LogP contribution in [-0.2, 0) is 0 Å². The fourth-order valence-corrected chi connectivity index (χ4v) is 2.85. The SMILES string of the molecule is Cc1cc(C(O)c2cccc(Br)c2Cl)cs1. The zero-order valence-electron chi connectivity index (χ0n) is 8.58. The first-order valence-corrected chi connectivity index (χ1v) is 6.81. The highest BCUT2D eigenvalue weighted by Gasteiger charge is 2.16. The van der Waals surface area contributed by atoms with Crippen LogP contribution in [0.25, 0.3) is 0 Å². The first kappa shape index (κ1) is 12.1. The molecule has 2 rings (SSSR count). The van der Waals surface area contributed by atoms with Crippen molar-refractivity contribution < 1.29 is 5.11 Å². The van der Waals surface area contributed by atoms with Gasteiger partial charge < -0.3 is 5.11 Å². The standard InChI is InChI=1S/C12H10BrClOS/c1-7-5-8(6-16-7)12(15)9-3-2-4-10(13)11(9)14/h2-6,12,15H,1H3. The second-order valence-electron chi connectivity index (χ2n) is 3.54. The van der Waals surface area contributed by atoms with E-state index in [2.05, 4.69) is 15.9 Å². The van der Waals surface area contributed by atoms with Crippen molar-refractivity contribution in [1.29, 1.82) is 0 Å². The molecule has 0 amide bonds. The number of aliphatic hydroxyl groups excluding tert-OH is 1. The van der Waals surface area contributed by atoms with E-state index in [9.17, 15) is 5.11 Å². The van der Waals surface area contributed by atoms with E-state index in [0.29, 0.717) is 5.02 Å². The predicted molar refractivity (Wildman–Crippen MR) is 72.3 cm³/mol. The Bertz CT molecular complexity index is 509. The minimum Gasteiger partial charge on any atom is -0.384 e. The maximum Gasteiger partial charge on any atom is 0.106 e. The van der Waals surface area contributed by atoms with Crippen molar-refractivity contribution in [3.63, 3.8) is 0 Å². The van der Waals surface area contributed by atoms with E-state index >= 15 is 0 Å². The zero-order chi connectivity index (χ0) is 11.7. The minimum absolute atomic E-state index is 0.568. The fourth-order valence-electron chi connectivity index (χ4n) is 1.52. The molecule has 0 aliphatic carbocycles. The number of benzene rings is 1. The van der Waals surface area contributed by atoms with Crippen LogP contribution >= 0.6 is 38.9 Å². The lowest BCUT2D eigenvalue weighted by atomic mass is 10.0. The molecule has 2 aromatic rings. The molecule has 0 saturated carbocycles. The molecule has 1 aromatic carbocycles. The summed E-state index contributed by atoms with van der Waals surface area (Å²) in [6.07, 6.45) is -0.657. The van der Waals surface area contributed by atoms with Gasteiger partial charge in [-0.25, -0.2) is 0 Å². The molecule has 1 aromatic heterocycles. The Hall–Kier alpha value is -0.350. The Morgan fingerprint density at radius 1 is 1.44 bits per heavy atom. The van der Waals surface area contributed by atoms with Crippen LogP contribution in [0.3, 0.4) is 0 Å². The van der Waals surface area contributed by atoms with E-state index < -0.39 is 6.10 Å². The highest BCUT2D eigenvalue weighted by atomic mass is 79.9. The Labute approximate surface area is 112 Å². The number of aliphatic hydroxyl groups is 1. The predicted octanol–water partition coefficient (Wildman–Crippen LogP) is 4.55. The van der Waals surface area contributed by atoms with Gasteiger partial charge >= 0.3 is 0 Å². The molecule has 1 unspecified atom stereocenters. The molecule has 1 nitrogen and oxygen atoms in total. The molecule has 1 atom stereocenters. The van der Waals surface area contributed by atoms with Gasteiger partial charge in [-0.3, -0.25) is 0 Å². The van der Waals surface area contributed by atoms with E-state index in [-0.39, 0.29) is 0 Å². The van der Waals surface area contributed by atoms with Gasteiger partial charge in [-0.05, 0) is 45.9 Å². The minimum atomic E-state index is -0.657. The van der Waals surface area contributed by atoms with Crippen molar-refractivity contribution >= 4 is 38.9 Å². The van der Waals surface area contributed by atoms with Gasteiger partial charge in [0.25, 0.3) is 0 Å². The van der Waals surface area contributed by atoms with Crippen molar-refractivity contribution in [3.8, 4) is 0 Å². The summed E-state index contributed by atoms with van der Waals surface area (Å²) < 4.78 is 0.803. The molecule has 0 bridgehead atoms. The molecule has 0 radical (unpaired) electrons. The molecule has 0 saturated heterocycles. The molecule has 1 heterocycles. The molecule has 4 heteroatoms. The van der Waals surface area contributed by atoms with E-state index in [1.54, 1.807) is 11.3 Å². The van der Waals surface area contributed by atoms with Crippen LogP contribution in [0.1, 0.15) is 22.1 Å². The monoisotopic (exact) mass is 316 g/mol. The number of hydrogen-bond acceptors (Lipinski definition) is 2. The Morgan fingerprint density at radius 2 is 2.19 bits per heavy atom. The van der Waals surface area contributed by atoms with Crippen LogP contribution in [0.4, 0.5) is 0 Å². The largest absolute Gasteiger partial charge is 0.384 e. The van der Waals surface area contributed by atoms with E-state index in [0.717, 1.165) is 15.6 Å². The lowest BCUT2D eigenvalue weighted by Crippen LogP contribution is -1.99. The number of halogens is 2. The van der Waals surface area contributed by atoms with Gasteiger partial charge in [-0.1, -0.05) is 23.7 Å². The second-order valence-corrected chi connectivity index (χ2v) is 5.88. The van der Waals surface area contributed by atoms with Gasteiger partial charge in [0, 0.05) is 14.9 Å². The molecular weight excluding hydrogens is 308 g/mol. The molecule has 1 N–H and O–H groups in total. The van der Waals surface area contributed by atoms with Crippen LogP contribution < -0.4 is 0 Å². The van der Waals surface area contributed by atoms with Gasteiger partial charge in [0.2, 0.25) is 0 Å². The van der Waals surface area contributed by atoms with E-state index in [1.807, 2.05) is 36.6 Å². The van der Waals surface area contributed by atoms with Crippen LogP contribution in [0, 0.1) is 6.92 Å². The summed E-state index contributed by atoms with van der Waals surface area (Å²) in [4.78, 5) is 1.18. The number of aryl methyl sites for hydroxylation is 1. The van der Waals surface area contributed by atoms with Gasteiger partial charge in [0.15, 0.2) is 0 Å². The van der Waals surface area contributed by atoms with Gasteiger partial charge in [-0.15, -0.1) is 11.3 Å². The summed E-state index contributed by atoms with van der Waals surface area (Å²) in [7, 11) is 0. The van der Waals surface area contributed by atoms with Gasteiger partial charge in [-0.2, -0.15) is 0 Å². The fraction of sp³-hybridized carbons (Fsp3) is 0.167. The number of thiophene rings is 1. The number of rotatable bonds is 2. The molecular formula is C12H10BrClOS. The van der Waals surface area contributed by atoms with Crippen molar-refractivity contribution in [3.05, 3.63) is 55.1 Å². The average molecular weight is 318 g/mol. The average Bonchev–Trinajstić information content (AvgIpc) is 2.68. The lowest BCUT2D eigenvalue weighted by Gasteiger charge is -2.12. The molecule has 0 aliphatic heterocycles. The third kappa shape index (κ3) is 2.33. The second kappa shape index (κ2) is 4.88. The maximum absolute atomic E-state index is 10.2. The van der Waals surface area contributed by atoms with Crippen LogP contribution in [-0.4, -0.2) is 5.11 Å². The van der Waals surface area contributed by atoms with Crippen molar-refractivity contribution in [2.75, 3.05) is 0 Å². The van der Waals surface area contributed by atoms with E-state index in [4.69, 9.17) is 11.6 Å². The molecule has 0 spiro atoms. The molecule has 84 valence electrons. The first-order valence-electron chi connectivity index (χ1n) is 4.76. The molecule has 16 heavy (non-hydrogen) atoms. The van der Waals surface area contributed by atoms with Crippen LogP contribution in [0.5, 0.6) is 0 Å². The summed E-state index contributed by atoms with van der Waals surface area (Å²) in [5, 5.41) is 12.7. The van der Waals surface area contributed by atoms with Gasteiger partial charge in [0.1, 0.15) is 6.10 Å². The Morgan fingerprint density at radius 3 is 2.81 bits per heavy atom. The van der Waals surface area contributed by atoms with Crippen LogP contribution in [0.2, 0.25) is 5.02 Å². The third-order valence-corrected chi connectivity index (χ3v) is 4.53. The normalized spacial score (nSPS) is 12.8. The summed E-state index contributed by atoms with van der Waals surface area (Å²) in [5.41, 5.74) is 1.62. The van der Waals surface area contributed by atoms with Crippen molar-refractivity contribution in [2.24, 2.45) is 0 Å². The summed E-state index contributed by atoms with van der Waals surface area (Å²) >= 11 is 11.1. The zero-order valence-corrected chi connectivity index (χ0v) is 11.7. The van der Waals surface area contributed by atoms with E-state index in [1.165, 1.54) is 4.88 Å². The topological polar surface area (TPSA) is 20.2 Å². The molecule has 0 fully saturated rings. The third-order valence-electron chi connectivity index (χ3n) is 2.34. The maximum atomic E-state index is 10.2. The van der Waals surface area contributed by atoms with Crippen molar-refractivity contribution in [2.45, 2.75) is 13.0 Å². The Balaban J connectivity index is 2.41. The Kier molecular flexibility index (Phi) is 3.70. The van der Waals surface area contributed by atoms with Gasteiger partial charge in [0.05, 0.1) is 5.02 Å². The molecule has 0 aliphatic rings. The summed E-state index contributed by atoms with van der Waals surface area (Å²) in [5.74, 6) is 0.